The van der Waals surface area contributed by atoms with Crippen molar-refractivity contribution in [1.29, 1.82) is 0 Å². The smallest absolute Gasteiger partial charge is 0.248 e. The van der Waals surface area contributed by atoms with Crippen LogP contribution < -0.4 is 9.64 Å². The molecule has 6 atom stereocenters. The van der Waals surface area contributed by atoms with Gasteiger partial charge in [-0.3, -0.25) is 14.4 Å². The van der Waals surface area contributed by atoms with Crippen molar-refractivity contribution < 1.29 is 29.0 Å². The van der Waals surface area contributed by atoms with E-state index < -0.39 is 35.6 Å². The Kier molecular flexibility index (Phi) is 9.79. The molecule has 3 aliphatic heterocycles. The summed E-state index contributed by atoms with van der Waals surface area (Å²) >= 11 is 0. The van der Waals surface area contributed by atoms with Crippen LogP contribution in [0.1, 0.15) is 39.2 Å². The lowest BCUT2D eigenvalue weighted by Crippen LogP contribution is -2.60. The van der Waals surface area contributed by atoms with Gasteiger partial charge < -0.3 is 29.3 Å². The van der Waals surface area contributed by atoms with Gasteiger partial charge in [-0.2, -0.15) is 0 Å². The maximum atomic E-state index is 14.7. The number of carbonyl (C=O) groups excluding carboxylic acids is 3. The van der Waals surface area contributed by atoms with Crippen LogP contribution in [0.15, 0.2) is 79.9 Å². The highest BCUT2D eigenvalue weighted by atomic mass is 16.5. The van der Waals surface area contributed by atoms with Crippen molar-refractivity contribution >= 4 is 23.4 Å². The van der Waals surface area contributed by atoms with Gasteiger partial charge in [0.15, 0.2) is 0 Å². The first-order valence-corrected chi connectivity index (χ1v) is 15.9. The van der Waals surface area contributed by atoms with Crippen molar-refractivity contribution in [2.24, 2.45) is 11.8 Å². The summed E-state index contributed by atoms with van der Waals surface area (Å²) in [6.45, 7) is 14.2. The fourth-order valence-electron chi connectivity index (χ4n) is 7.55. The van der Waals surface area contributed by atoms with E-state index in [1.165, 1.54) is 0 Å². The molecule has 9 heteroatoms. The van der Waals surface area contributed by atoms with Gasteiger partial charge in [0.25, 0.3) is 0 Å². The van der Waals surface area contributed by atoms with E-state index in [0.717, 1.165) is 5.56 Å². The number of anilines is 1. The molecule has 0 radical (unpaired) electrons. The average molecular weight is 616 g/mol. The lowest BCUT2D eigenvalue weighted by atomic mass is 9.70. The topological polar surface area (TPSA) is 99.6 Å². The molecule has 0 aromatic heterocycles. The minimum absolute atomic E-state index is 0.164. The lowest BCUT2D eigenvalue weighted by molar-refractivity contribution is -0.152. The van der Waals surface area contributed by atoms with Crippen molar-refractivity contribution in [1.82, 2.24) is 9.80 Å². The summed E-state index contributed by atoms with van der Waals surface area (Å²) in [5.74, 6) is -1.78. The van der Waals surface area contributed by atoms with E-state index in [4.69, 9.17) is 9.47 Å². The highest BCUT2D eigenvalue weighted by molar-refractivity contribution is 6.03. The summed E-state index contributed by atoms with van der Waals surface area (Å²) in [5, 5.41) is 10.7. The summed E-state index contributed by atoms with van der Waals surface area (Å²) in [6, 6.07) is 15.0. The molecule has 1 spiro atoms. The first-order valence-electron chi connectivity index (χ1n) is 15.9. The number of rotatable bonds is 14. The van der Waals surface area contributed by atoms with Gasteiger partial charge in [-0.25, -0.2) is 0 Å². The predicted octanol–water partition coefficient (Wildman–Crippen LogP) is 4.01. The number of aliphatic hydroxyl groups is 1. The molecule has 9 nitrogen and oxygen atoms in total. The van der Waals surface area contributed by atoms with Crippen LogP contribution >= 0.6 is 0 Å². The predicted molar refractivity (Wildman–Crippen MR) is 173 cm³/mol. The van der Waals surface area contributed by atoms with Crippen LogP contribution in [0.4, 0.5) is 5.69 Å². The number of hydrogen-bond donors (Lipinski definition) is 1. The second-order valence-corrected chi connectivity index (χ2v) is 12.4. The molecule has 3 saturated heterocycles. The zero-order valence-electron chi connectivity index (χ0n) is 26.5. The minimum Gasteiger partial charge on any atom is -0.494 e. The third-order valence-electron chi connectivity index (χ3n) is 9.44. The lowest BCUT2D eigenvalue weighted by Gasteiger charge is -2.40. The molecular formula is C36H45N3O6. The van der Waals surface area contributed by atoms with E-state index in [2.05, 4.69) is 13.2 Å². The van der Waals surface area contributed by atoms with Crippen molar-refractivity contribution in [3.63, 3.8) is 0 Å². The molecule has 1 N–H and O–H groups in total. The number of carbonyl (C=O) groups is 3. The van der Waals surface area contributed by atoms with E-state index >= 15 is 0 Å². The molecule has 3 heterocycles. The Morgan fingerprint density at radius 3 is 2.38 bits per heavy atom. The molecule has 3 aliphatic rings. The van der Waals surface area contributed by atoms with Crippen LogP contribution in [-0.2, 0) is 25.5 Å². The zero-order valence-corrected chi connectivity index (χ0v) is 26.5. The van der Waals surface area contributed by atoms with Crippen molar-refractivity contribution in [2.75, 3.05) is 31.2 Å². The highest BCUT2D eigenvalue weighted by Gasteiger charge is 2.75. The van der Waals surface area contributed by atoms with Gasteiger partial charge in [-0.05, 0) is 69.9 Å². The van der Waals surface area contributed by atoms with Crippen LogP contribution in [0.2, 0.25) is 0 Å². The number of ether oxygens (including phenoxy) is 2. The minimum atomic E-state index is -1.18. The van der Waals surface area contributed by atoms with Crippen molar-refractivity contribution in [3.8, 4) is 5.75 Å². The largest absolute Gasteiger partial charge is 0.494 e. The molecule has 2 aromatic carbocycles. The average Bonchev–Trinajstić information content (AvgIpc) is 3.69. The molecular weight excluding hydrogens is 570 g/mol. The molecule has 2 unspecified atom stereocenters. The van der Waals surface area contributed by atoms with Crippen molar-refractivity contribution in [3.05, 3.63) is 85.5 Å². The molecule has 3 fully saturated rings. The van der Waals surface area contributed by atoms with Gasteiger partial charge in [0, 0.05) is 24.8 Å². The number of nitrogens with zero attached hydrogens (tertiary/aromatic N) is 3. The highest BCUT2D eigenvalue weighted by Crippen LogP contribution is 2.59. The summed E-state index contributed by atoms with van der Waals surface area (Å²) in [5.41, 5.74) is 0.405. The number of hydrogen-bond acceptors (Lipinski definition) is 6. The quantitative estimate of drug-likeness (QED) is 0.323. The normalized spacial score (nSPS) is 25.6. The standard InChI is InChI=1S/C36H45N3O6/c1-6-20-37(24(4)5)35(43)32-36-19-18-29(45-36)30(33(41)38(21-7-2)26-14-16-28(17-15-26)44-8-3)31(36)34(42)39(32)27(23-40)22-25-12-10-9-11-13-25/h6-7,9-17,24,27,29-32,40H,1-2,8,18-23H2,3-5H3/t27-,29-,30+,31+,32?,36?/m1/s1. The third kappa shape index (κ3) is 5.79. The van der Waals surface area contributed by atoms with Gasteiger partial charge >= 0.3 is 0 Å². The molecule has 3 amide bonds. The van der Waals surface area contributed by atoms with Crippen LogP contribution in [0.3, 0.4) is 0 Å². The Morgan fingerprint density at radius 2 is 1.78 bits per heavy atom. The molecule has 0 saturated carbocycles. The SMILES string of the molecule is C=CCN(C(=O)[C@@H]1[C@H]2C(=O)N([C@@H](CO)Cc3ccccc3)C(C(=O)N(CC=C)C(C)C)C23CC[C@H]1O3)c1ccc(OCC)cc1. The number of amides is 3. The molecule has 240 valence electrons. The second kappa shape index (κ2) is 13.6. The van der Waals surface area contributed by atoms with E-state index in [1.807, 2.05) is 75.4 Å². The van der Waals surface area contributed by atoms with Gasteiger partial charge in [-0.15, -0.1) is 13.2 Å². The monoisotopic (exact) mass is 615 g/mol. The Morgan fingerprint density at radius 1 is 1.09 bits per heavy atom. The first-order chi connectivity index (χ1) is 21.7. The van der Waals surface area contributed by atoms with Crippen LogP contribution in [0.5, 0.6) is 5.75 Å². The van der Waals surface area contributed by atoms with Crippen LogP contribution in [-0.4, -0.2) is 88.8 Å². The summed E-state index contributed by atoms with van der Waals surface area (Å²) in [7, 11) is 0. The molecule has 45 heavy (non-hydrogen) atoms. The Balaban J connectivity index is 1.56. The zero-order chi connectivity index (χ0) is 32.3. The van der Waals surface area contributed by atoms with Gasteiger partial charge in [0.1, 0.15) is 17.4 Å². The van der Waals surface area contributed by atoms with E-state index in [9.17, 15) is 19.5 Å². The number of aliphatic hydroxyl groups excluding tert-OH is 1. The number of fused-ring (bicyclic) bond motifs is 1. The van der Waals surface area contributed by atoms with Crippen LogP contribution in [0, 0.1) is 11.8 Å². The van der Waals surface area contributed by atoms with Gasteiger partial charge in [0.2, 0.25) is 17.7 Å². The van der Waals surface area contributed by atoms with E-state index in [-0.39, 0.29) is 36.9 Å². The Bertz CT molecular complexity index is 1400. The Hall–Kier alpha value is -3.95. The number of likely N-dealkylation sites (tertiary alicyclic amines) is 1. The summed E-state index contributed by atoms with van der Waals surface area (Å²) < 4.78 is 12.3. The van der Waals surface area contributed by atoms with Gasteiger partial charge in [-0.1, -0.05) is 42.5 Å². The van der Waals surface area contributed by atoms with Gasteiger partial charge in [0.05, 0.1) is 37.2 Å². The fourth-order valence-corrected chi connectivity index (χ4v) is 7.55. The Labute approximate surface area is 266 Å². The van der Waals surface area contributed by atoms with E-state index in [1.54, 1.807) is 26.9 Å². The van der Waals surface area contributed by atoms with Crippen molar-refractivity contribution in [2.45, 2.75) is 69.9 Å². The maximum Gasteiger partial charge on any atom is 0.248 e. The van der Waals surface area contributed by atoms with E-state index in [0.29, 0.717) is 43.9 Å². The summed E-state index contributed by atoms with van der Waals surface area (Å²) in [6.07, 6.45) is 4.20. The van der Waals surface area contributed by atoms with Crippen LogP contribution in [0.25, 0.3) is 0 Å². The second-order valence-electron chi connectivity index (χ2n) is 12.4. The first kappa shape index (κ1) is 32.4. The molecule has 2 aromatic rings. The maximum absolute atomic E-state index is 14.7. The third-order valence-corrected chi connectivity index (χ3v) is 9.44. The fraction of sp³-hybridized carbons (Fsp3) is 0.472. The molecule has 0 aliphatic carbocycles. The summed E-state index contributed by atoms with van der Waals surface area (Å²) in [4.78, 5) is 48.7. The molecule has 2 bridgehead atoms. The number of benzene rings is 2. The molecule has 5 rings (SSSR count).